The average molecular weight is 279 g/mol. The van der Waals surface area contributed by atoms with E-state index in [1.165, 1.54) is 12.1 Å². The van der Waals surface area contributed by atoms with E-state index in [0.29, 0.717) is 19.5 Å². The van der Waals surface area contributed by atoms with Gasteiger partial charge < -0.3 is 25.7 Å². The number of piperazine rings is 1. The molecule has 0 bridgehead atoms. The summed E-state index contributed by atoms with van der Waals surface area (Å²) >= 11 is 0. The Balaban J connectivity index is 1.95. The summed E-state index contributed by atoms with van der Waals surface area (Å²) in [5.41, 5.74) is 6.69. The molecule has 1 heterocycles. The number of phenolic OH excluding ortho intramolecular Hbond substituents is 2. The minimum absolute atomic E-state index is 0.0642. The summed E-state index contributed by atoms with van der Waals surface area (Å²) < 4.78 is 0. The molecule has 1 atom stereocenters. The Bertz CT molecular complexity index is 485. The standard InChI is InChI=1S/C14H21N3O3/c1-16-4-6-17(7-5-16)14(20)11(15)8-10-2-3-12(18)13(19)9-10/h2-3,9,11,18-19H,4-8,15H2,1H3/t11-/m0/s1. The van der Waals surface area contributed by atoms with Crippen LogP contribution in [0, 0.1) is 0 Å². The summed E-state index contributed by atoms with van der Waals surface area (Å²) in [5, 5.41) is 18.7. The van der Waals surface area contributed by atoms with Gasteiger partial charge in [-0.3, -0.25) is 4.79 Å². The van der Waals surface area contributed by atoms with Crippen molar-refractivity contribution in [3.63, 3.8) is 0 Å². The number of hydrogen-bond acceptors (Lipinski definition) is 5. The number of hydrogen-bond donors (Lipinski definition) is 3. The monoisotopic (exact) mass is 279 g/mol. The van der Waals surface area contributed by atoms with E-state index >= 15 is 0 Å². The van der Waals surface area contributed by atoms with Crippen LogP contribution in [-0.4, -0.2) is 65.2 Å². The Kier molecular flexibility index (Phi) is 4.46. The molecule has 1 aliphatic heterocycles. The molecule has 1 fully saturated rings. The molecule has 4 N–H and O–H groups in total. The molecular formula is C14H21N3O3. The zero-order valence-corrected chi connectivity index (χ0v) is 11.6. The maximum absolute atomic E-state index is 12.2. The van der Waals surface area contributed by atoms with Gasteiger partial charge in [-0.1, -0.05) is 6.07 Å². The number of benzene rings is 1. The van der Waals surface area contributed by atoms with Gasteiger partial charge in [-0.2, -0.15) is 0 Å². The first-order valence-electron chi connectivity index (χ1n) is 6.71. The SMILES string of the molecule is CN1CCN(C(=O)[C@@H](N)Cc2ccc(O)c(O)c2)CC1. The van der Waals surface area contributed by atoms with E-state index in [4.69, 9.17) is 5.73 Å². The number of aromatic hydroxyl groups is 2. The zero-order valence-electron chi connectivity index (χ0n) is 11.6. The Morgan fingerprint density at radius 2 is 1.90 bits per heavy atom. The van der Waals surface area contributed by atoms with Gasteiger partial charge in [0.2, 0.25) is 5.91 Å². The number of nitrogens with zero attached hydrogens (tertiary/aromatic N) is 2. The van der Waals surface area contributed by atoms with Crippen LogP contribution in [0.2, 0.25) is 0 Å². The number of carbonyl (C=O) groups is 1. The van der Waals surface area contributed by atoms with Crippen LogP contribution >= 0.6 is 0 Å². The van der Waals surface area contributed by atoms with Crippen molar-refractivity contribution in [2.45, 2.75) is 12.5 Å². The van der Waals surface area contributed by atoms with E-state index in [2.05, 4.69) is 4.90 Å². The van der Waals surface area contributed by atoms with E-state index in [1.807, 2.05) is 7.05 Å². The Hall–Kier alpha value is -1.79. The topological polar surface area (TPSA) is 90.0 Å². The van der Waals surface area contributed by atoms with Crippen LogP contribution in [0.15, 0.2) is 18.2 Å². The Labute approximate surface area is 118 Å². The van der Waals surface area contributed by atoms with Crippen LogP contribution in [0.5, 0.6) is 11.5 Å². The minimum Gasteiger partial charge on any atom is -0.504 e. The smallest absolute Gasteiger partial charge is 0.239 e. The predicted molar refractivity (Wildman–Crippen MR) is 75.5 cm³/mol. The molecule has 1 amide bonds. The molecule has 0 spiro atoms. The van der Waals surface area contributed by atoms with Gasteiger partial charge in [-0.25, -0.2) is 0 Å². The van der Waals surface area contributed by atoms with Gasteiger partial charge in [-0.05, 0) is 31.2 Å². The first kappa shape index (κ1) is 14.6. The third-order valence-corrected chi connectivity index (χ3v) is 3.63. The van der Waals surface area contributed by atoms with E-state index < -0.39 is 6.04 Å². The minimum atomic E-state index is -0.623. The maximum Gasteiger partial charge on any atom is 0.239 e. The van der Waals surface area contributed by atoms with E-state index in [-0.39, 0.29) is 17.4 Å². The molecular weight excluding hydrogens is 258 g/mol. The van der Waals surface area contributed by atoms with Gasteiger partial charge in [0.25, 0.3) is 0 Å². The number of carbonyl (C=O) groups excluding carboxylic acids is 1. The molecule has 1 aromatic rings. The molecule has 2 rings (SSSR count). The fourth-order valence-corrected chi connectivity index (χ4v) is 2.30. The Morgan fingerprint density at radius 1 is 1.25 bits per heavy atom. The van der Waals surface area contributed by atoms with Crippen molar-refractivity contribution in [2.75, 3.05) is 33.2 Å². The normalized spacial score (nSPS) is 18.0. The van der Waals surface area contributed by atoms with Crippen LogP contribution < -0.4 is 5.73 Å². The molecule has 6 heteroatoms. The molecule has 0 aliphatic carbocycles. The molecule has 0 unspecified atom stereocenters. The fourth-order valence-electron chi connectivity index (χ4n) is 2.30. The van der Waals surface area contributed by atoms with Crippen molar-refractivity contribution in [1.29, 1.82) is 0 Å². The highest BCUT2D eigenvalue weighted by molar-refractivity contribution is 5.82. The quantitative estimate of drug-likeness (QED) is 0.663. The van der Waals surface area contributed by atoms with E-state index in [0.717, 1.165) is 18.7 Å². The van der Waals surface area contributed by atoms with E-state index in [1.54, 1.807) is 11.0 Å². The number of amides is 1. The highest BCUT2D eigenvalue weighted by Crippen LogP contribution is 2.25. The fraction of sp³-hybridized carbons (Fsp3) is 0.500. The van der Waals surface area contributed by atoms with E-state index in [9.17, 15) is 15.0 Å². The summed E-state index contributed by atoms with van der Waals surface area (Å²) in [5.74, 6) is -0.430. The summed E-state index contributed by atoms with van der Waals surface area (Å²) in [7, 11) is 2.03. The van der Waals surface area contributed by atoms with Crippen molar-refractivity contribution < 1.29 is 15.0 Å². The largest absolute Gasteiger partial charge is 0.504 e. The number of likely N-dealkylation sites (N-methyl/N-ethyl adjacent to an activating group) is 1. The van der Waals surface area contributed by atoms with Crippen LogP contribution in [0.3, 0.4) is 0 Å². The molecule has 0 saturated carbocycles. The molecule has 1 saturated heterocycles. The summed E-state index contributed by atoms with van der Waals surface area (Å²) in [6.45, 7) is 3.12. The number of rotatable bonds is 3. The molecule has 1 aromatic carbocycles. The molecule has 110 valence electrons. The summed E-state index contributed by atoms with van der Waals surface area (Å²) in [6.07, 6.45) is 0.346. The van der Waals surface area contributed by atoms with Gasteiger partial charge in [-0.15, -0.1) is 0 Å². The van der Waals surface area contributed by atoms with Gasteiger partial charge >= 0.3 is 0 Å². The lowest BCUT2D eigenvalue weighted by Gasteiger charge is -2.33. The zero-order chi connectivity index (χ0) is 14.7. The first-order valence-corrected chi connectivity index (χ1v) is 6.71. The van der Waals surface area contributed by atoms with Crippen molar-refractivity contribution in [3.8, 4) is 11.5 Å². The lowest BCUT2D eigenvalue weighted by atomic mass is 10.0. The molecule has 1 aliphatic rings. The third kappa shape index (κ3) is 3.40. The second-order valence-corrected chi connectivity index (χ2v) is 5.26. The van der Waals surface area contributed by atoms with Crippen molar-refractivity contribution >= 4 is 5.91 Å². The Morgan fingerprint density at radius 3 is 2.50 bits per heavy atom. The van der Waals surface area contributed by atoms with Crippen LogP contribution in [0.25, 0.3) is 0 Å². The first-order chi connectivity index (χ1) is 9.47. The van der Waals surface area contributed by atoms with Crippen LogP contribution in [0.4, 0.5) is 0 Å². The highest BCUT2D eigenvalue weighted by Gasteiger charge is 2.24. The van der Waals surface area contributed by atoms with Crippen molar-refractivity contribution in [3.05, 3.63) is 23.8 Å². The number of nitrogens with two attached hydrogens (primary N) is 1. The third-order valence-electron chi connectivity index (χ3n) is 3.63. The van der Waals surface area contributed by atoms with Crippen LogP contribution in [0.1, 0.15) is 5.56 Å². The van der Waals surface area contributed by atoms with Gasteiger partial charge in [0.15, 0.2) is 11.5 Å². The van der Waals surface area contributed by atoms with Gasteiger partial charge in [0, 0.05) is 26.2 Å². The van der Waals surface area contributed by atoms with Gasteiger partial charge in [0.05, 0.1) is 6.04 Å². The second-order valence-electron chi connectivity index (χ2n) is 5.26. The van der Waals surface area contributed by atoms with Crippen molar-refractivity contribution in [1.82, 2.24) is 9.80 Å². The van der Waals surface area contributed by atoms with Crippen molar-refractivity contribution in [2.24, 2.45) is 5.73 Å². The van der Waals surface area contributed by atoms with Crippen LogP contribution in [-0.2, 0) is 11.2 Å². The predicted octanol–water partition coefficient (Wildman–Crippen LogP) is -0.258. The maximum atomic E-state index is 12.2. The van der Waals surface area contributed by atoms with Gasteiger partial charge in [0.1, 0.15) is 0 Å². The highest BCUT2D eigenvalue weighted by atomic mass is 16.3. The summed E-state index contributed by atoms with van der Waals surface area (Å²) in [4.78, 5) is 16.2. The lowest BCUT2D eigenvalue weighted by Crippen LogP contribution is -2.52. The summed E-state index contributed by atoms with van der Waals surface area (Å²) in [6, 6.07) is 3.87. The molecule has 0 aromatic heterocycles. The molecule has 6 nitrogen and oxygen atoms in total. The molecule has 20 heavy (non-hydrogen) atoms. The lowest BCUT2D eigenvalue weighted by molar-refractivity contribution is -0.134. The average Bonchev–Trinajstić information content (AvgIpc) is 2.43. The number of phenols is 2. The second kappa shape index (κ2) is 6.11. The molecule has 0 radical (unpaired) electrons.